The van der Waals surface area contributed by atoms with Crippen LogP contribution in [0, 0.1) is 6.92 Å². The molecule has 1 heterocycles. The second-order valence-corrected chi connectivity index (χ2v) is 7.96. The molecule has 0 spiro atoms. The molecule has 1 aromatic heterocycles. The minimum absolute atomic E-state index is 0.0949. The summed E-state index contributed by atoms with van der Waals surface area (Å²) >= 11 is 1.36. The van der Waals surface area contributed by atoms with Crippen molar-refractivity contribution in [1.82, 2.24) is 4.57 Å². The highest BCUT2D eigenvalue weighted by molar-refractivity contribution is 7.09. The molecule has 0 aliphatic heterocycles. The number of rotatable bonds is 3. The summed E-state index contributed by atoms with van der Waals surface area (Å²) in [6.07, 6.45) is -4.51. The lowest BCUT2D eigenvalue weighted by atomic mass is 9.93. The molecule has 2 rings (SSSR count). The normalized spacial score (nSPS) is 13.3. The Kier molecular flexibility index (Phi) is 5.77. The molecule has 0 saturated heterocycles. The van der Waals surface area contributed by atoms with Crippen molar-refractivity contribution in [2.75, 3.05) is 6.54 Å². The zero-order valence-corrected chi connectivity index (χ0v) is 16.0. The standard InChI is InChI=1S/C18H22F3N3OS/c1-11-14(17(2,3)4)26-16(24(11)9-8-22)23-15(25)12-6-5-7-13(10-12)18(19,20)21/h5-7,10H,8-9,22H2,1-4H3. The van der Waals surface area contributed by atoms with Gasteiger partial charge in [0.2, 0.25) is 0 Å². The second kappa shape index (κ2) is 7.36. The number of benzene rings is 1. The second-order valence-electron chi connectivity index (χ2n) is 6.99. The third-order valence-corrected chi connectivity index (χ3v) is 5.43. The van der Waals surface area contributed by atoms with E-state index in [0.717, 1.165) is 22.7 Å². The van der Waals surface area contributed by atoms with Gasteiger partial charge in [0, 0.05) is 29.2 Å². The van der Waals surface area contributed by atoms with Gasteiger partial charge in [-0.1, -0.05) is 26.8 Å². The van der Waals surface area contributed by atoms with Gasteiger partial charge in [-0.2, -0.15) is 18.2 Å². The highest BCUT2D eigenvalue weighted by atomic mass is 32.1. The minimum atomic E-state index is -4.51. The van der Waals surface area contributed by atoms with Crippen LogP contribution in [0.2, 0.25) is 0 Å². The summed E-state index contributed by atoms with van der Waals surface area (Å²) in [5.41, 5.74) is 5.52. The summed E-state index contributed by atoms with van der Waals surface area (Å²) in [6.45, 7) is 8.94. The molecule has 142 valence electrons. The number of hydrogen-bond acceptors (Lipinski definition) is 3. The van der Waals surface area contributed by atoms with Crippen molar-refractivity contribution in [3.8, 4) is 0 Å². The number of hydrogen-bond donors (Lipinski definition) is 1. The van der Waals surface area contributed by atoms with E-state index >= 15 is 0 Å². The number of nitrogens with two attached hydrogens (primary N) is 1. The molecule has 8 heteroatoms. The first kappa shape index (κ1) is 20.4. The largest absolute Gasteiger partial charge is 0.416 e. The van der Waals surface area contributed by atoms with E-state index in [9.17, 15) is 18.0 Å². The van der Waals surface area contributed by atoms with Gasteiger partial charge in [-0.05, 0) is 30.5 Å². The third kappa shape index (κ3) is 4.42. The number of carbonyl (C=O) groups excluding carboxylic acids is 1. The Morgan fingerprint density at radius 1 is 1.27 bits per heavy atom. The van der Waals surface area contributed by atoms with Crippen LogP contribution >= 0.6 is 11.3 Å². The number of halogens is 3. The molecule has 4 nitrogen and oxygen atoms in total. The summed E-state index contributed by atoms with van der Waals surface area (Å²) in [5.74, 6) is -0.705. The van der Waals surface area contributed by atoms with Gasteiger partial charge in [0.05, 0.1) is 5.56 Å². The van der Waals surface area contributed by atoms with E-state index in [1.165, 1.54) is 23.5 Å². The first-order chi connectivity index (χ1) is 11.9. The van der Waals surface area contributed by atoms with Gasteiger partial charge < -0.3 is 10.3 Å². The lowest BCUT2D eigenvalue weighted by Crippen LogP contribution is -2.23. The lowest BCUT2D eigenvalue weighted by molar-refractivity contribution is -0.137. The average molecular weight is 385 g/mol. The molecule has 1 aromatic carbocycles. The van der Waals surface area contributed by atoms with Crippen LogP contribution in [0.1, 0.15) is 47.3 Å². The maximum atomic E-state index is 12.9. The van der Waals surface area contributed by atoms with Gasteiger partial charge in [-0.15, -0.1) is 11.3 Å². The van der Waals surface area contributed by atoms with Crippen LogP contribution in [0.25, 0.3) is 0 Å². The monoisotopic (exact) mass is 385 g/mol. The highest BCUT2D eigenvalue weighted by Gasteiger charge is 2.31. The van der Waals surface area contributed by atoms with E-state index in [-0.39, 0.29) is 11.0 Å². The zero-order chi connectivity index (χ0) is 19.7. The quantitative estimate of drug-likeness (QED) is 0.872. The van der Waals surface area contributed by atoms with Crippen molar-refractivity contribution >= 4 is 17.2 Å². The Morgan fingerprint density at radius 2 is 1.92 bits per heavy atom. The van der Waals surface area contributed by atoms with E-state index in [4.69, 9.17) is 5.73 Å². The summed E-state index contributed by atoms with van der Waals surface area (Å²) in [4.78, 5) is 18.0. The van der Waals surface area contributed by atoms with Crippen LogP contribution in [-0.4, -0.2) is 17.0 Å². The number of nitrogens with zero attached hydrogens (tertiary/aromatic N) is 2. The summed E-state index contributed by atoms with van der Waals surface area (Å²) in [6, 6.07) is 4.29. The van der Waals surface area contributed by atoms with Crippen molar-refractivity contribution in [3.05, 3.63) is 50.8 Å². The maximum absolute atomic E-state index is 12.9. The summed E-state index contributed by atoms with van der Waals surface area (Å²) < 4.78 is 40.4. The molecular weight excluding hydrogens is 363 g/mol. The topological polar surface area (TPSA) is 60.4 Å². The van der Waals surface area contributed by atoms with Crippen molar-refractivity contribution in [1.29, 1.82) is 0 Å². The van der Waals surface area contributed by atoms with Gasteiger partial charge in [-0.25, -0.2) is 0 Å². The maximum Gasteiger partial charge on any atom is 0.416 e. The van der Waals surface area contributed by atoms with Crippen LogP contribution in [0.5, 0.6) is 0 Å². The predicted octanol–water partition coefficient (Wildman–Crippen LogP) is 3.87. The van der Waals surface area contributed by atoms with E-state index < -0.39 is 17.6 Å². The van der Waals surface area contributed by atoms with Crippen molar-refractivity contribution in [3.63, 3.8) is 0 Å². The number of aromatic nitrogens is 1. The van der Waals surface area contributed by atoms with Crippen LogP contribution < -0.4 is 10.5 Å². The van der Waals surface area contributed by atoms with Gasteiger partial charge >= 0.3 is 6.18 Å². The molecule has 0 aliphatic rings. The van der Waals surface area contributed by atoms with Crippen molar-refractivity contribution < 1.29 is 18.0 Å². The molecule has 1 amide bonds. The van der Waals surface area contributed by atoms with E-state index in [1.54, 1.807) is 0 Å². The van der Waals surface area contributed by atoms with Gasteiger partial charge in [0.15, 0.2) is 4.80 Å². The minimum Gasteiger partial charge on any atom is -0.329 e. The molecule has 2 N–H and O–H groups in total. The lowest BCUT2D eigenvalue weighted by Gasteiger charge is -2.17. The number of carbonyl (C=O) groups is 1. The van der Waals surface area contributed by atoms with Crippen molar-refractivity contribution in [2.45, 2.75) is 45.8 Å². The summed E-state index contributed by atoms with van der Waals surface area (Å²) in [7, 11) is 0. The van der Waals surface area contributed by atoms with Crippen LogP contribution in [0.3, 0.4) is 0 Å². The molecule has 0 fully saturated rings. The molecule has 0 bridgehead atoms. The Bertz CT molecular complexity index is 873. The zero-order valence-electron chi connectivity index (χ0n) is 15.1. The number of thiazole rings is 1. The molecule has 0 saturated carbocycles. The molecule has 0 atom stereocenters. The first-order valence-corrected chi connectivity index (χ1v) is 8.94. The van der Waals surface area contributed by atoms with Gasteiger partial charge in [-0.3, -0.25) is 4.79 Å². The van der Waals surface area contributed by atoms with Gasteiger partial charge in [0.25, 0.3) is 5.91 Å². The Morgan fingerprint density at radius 3 is 2.46 bits per heavy atom. The van der Waals surface area contributed by atoms with E-state index in [1.807, 2.05) is 11.5 Å². The van der Waals surface area contributed by atoms with E-state index in [0.29, 0.717) is 17.9 Å². The molecule has 0 unspecified atom stereocenters. The summed E-state index contributed by atoms with van der Waals surface area (Å²) in [5, 5.41) is 0. The SMILES string of the molecule is Cc1c(C(C)(C)C)sc(=NC(=O)c2cccc(C(F)(F)F)c2)n1CCN. The number of amides is 1. The Labute approximate surface area is 154 Å². The van der Waals surface area contributed by atoms with Crippen molar-refractivity contribution in [2.24, 2.45) is 10.7 Å². The van der Waals surface area contributed by atoms with Crippen LogP contribution in [0.15, 0.2) is 29.3 Å². The smallest absolute Gasteiger partial charge is 0.329 e. The highest BCUT2D eigenvalue weighted by Crippen LogP contribution is 2.30. The fourth-order valence-corrected chi connectivity index (χ4v) is 3.85. The molecule has 26 heavy (non-hydrogen) atoms. The van der Waals surface area contributed by atoms with Crippen LogP contribution in [-0.2, 0) is 18.1 Å². The molecular formula is C18H22F3N3OS. The Hall–Kier alpha value is -1.93. The molecule has 2 aromatic rings. The molecule has 0 aliphatic carbocycles. The Balaban J connectivity index is 2.54. The third-order valence-electron chi connectivity index (χ3n) is 3.83. The van der Waals surface area contributed by atoms with E-state index in [2.05, 4.69) is 25.8 Å². The molecule has 0 radical (unpaired) electrons. The van der Waals surface area contributed by atoms with Crippen LogP contribution in [0.4, 0.5) is 13.2 Å². The number of alkyl halides is 3. The predicted molar refractivity (Wildman–Crippen MR) is 96.1 cm³/mol. The fraction of sp³-hybridized carbons (Fsp3) is 0.444. The average Bonchev–Trinajstić information content (AvgIpc) is 2.84. The first-order valence-electron chi connectivity index (χ1n) is 8.12. The van der Waals surface area contributed by atoms with Gasteiger partial charge in [0.1, 0.15) is 0 Å². The fourth-order valence-electron chi connectivity index (χ4n) is 2.64.